The van der Waals surface area contributed by atoms with Gasteiger partial charge in [-0.2, -0.15) is 5.21 Å². The molecule has 3 aromatic heterocycles. The Labute approximate surface area is 111 Å². The van der Waals surface area contributed by atoms with Crippen LogP contribution in [0.1, 0.15) is 28.0 Å². The maximum atomic E-state index is 11.1. The average molecular weight is 274 g/mol. The first-order valence-corrected chi connectivity index (χ1v) is 5.76. The van der Waals surface area contributed by atoms with Crippen LogP contribution in [0.15, 0.2) is 24.5 Å². The van der Waals surface area contributed by atoms with E-state index in [2.05, 4.69) is 25.6 Å². The van der Waals surface area contributed by atoms with Crippen molar-refractivity contribution in [2.24, 2.45) is 0 Å². The first-order chi connectivity index (χ1) is 9.66. The largest absolute Gasteiger partial charge is 0.477 e. The van der Waals surface area contributed by atoms with E-state index in [1.807, 2.05) is 0 Å². The minimum Gasteiger partial charge on any atom is -0.477 e. The number of fused-ring (bicyclic) bond motifs is 1. The van der Waals surface area contributed by atoms with Crippen molar-refractivity contribution in [2.75, 3.05) is 0 Å². The number of aliphatic hydroxyl groups excluding tert-OH is 1. The number of aliphatic hydroxyl groups is 1. The Kier molecular flexibility index (Phi) is 2.88. The molecular formula is C11H10N6O3. The number of carboxylic acids is 1. The number of hydrogen-bond acceptors (Lipinski definition) is 6. The first-order valence-electron chi connectivity index (χ1n) is 5.76. The molecule has 0 amide bonds. The van der Waals surface area contributed by atoms with Crippen molar-refractivity contribution >= 4 is 11.6 Å². The molecule has 1 unspecified atom stereocenters. The van der Waals surface area contributed by atoms with Gasteiger partial charge in [-0.15, -0.1) is 10.2 Å². The number of H-pyrrole nitrogens is 1. The van der Waals surface area contributed by atoms with E-state index < -0.39 is 12.1 Å². The molecular weight excluding hydrogens is 264 g/mol. The fraction of sp³-hybridized carbons (Fsp3) is 0.182. The molecule has 0 fully saturated rings. The van der Waals surface area contributed by atoms with Crippen LogP contribution in [-0.2, 0) is 6.42 Å². The molecule has 0 aliphatic rings. The van der Waals surface area contributed by atoms with Crippen molar-refractivity contribution in [2.45, 2.75) is 12.5 Å². The Hall–Kier alpha value is -2.81. The zero-order chi connectivity index (χ0) is 14.1. The molecule has 0 aliphatic carbocycles. The number of carboxylic acid groups (broad SMARTS) is 1. The lowest BCUT2D eigenvalue weighted by Gasteiger charge is -2.07. The van der Waals surface area contributed by atoms with Crippen molar-refractivity contribution in [3.8, 4) is 0 Å². The average Bonchev–Trinajstić information content (AvgIpc) is 3.08. The van der Waals surface area contributed by atoms with Crippen LogP contribution in [0.4, 0.5) is 0 Å². The Balaban J connectivity index is 1.98. The molecule has 0 saturated carbocycles. The fourth-order valence-electron chi connectivity index (χ4n) is 2.00. The van der Waals surface area contributed by atoms with E-state index >= 15 is 0 Å². The topological polar surface area (TPSA) is 129 Å². The predicted octanol–water partition coefficient (Wildman–Crippen LogP) is -0.178. The number of aromatic carboxylic acids is 1. The van der Waals surface area contributed by atoms with E-state index in [1.54, 1.807) is 18.3 Å². The number of imidazole rings is 1. The Morgan fingerprint density at radius 1 is 1.50 bits per heavy atom. The van der Waals surface area contributed by atoms with E-state index in [0.717, 1.165) is 0 Å². The number of hydrogen-bond donors (Lipinski definition) is 3. The maximum Gasteiger partial charge on any atom is 0.354 e. The third-order valence-electron chi connectivity index (χ3n) is 2.91. The van der Waals surface area contributed by atoms with Gasteiger partial charge in [-0.25, -0.2) is 9.78 Å². The quantitative estimate of drug-likeness (QED) is 0.601. The highest BCUT2D eigenvalue weighted by Gasteiger charge is 2.17. The molecule has 3 heterocycles. The van der Waals surface area contributed by atoms with Gasteiger partial charge in [-0.1, -0.05) is 11.3 Å². The number of nitrogens with one attached hydrogen (secondary N) is 1. The molecule has 0 bridgehead atoms. The minimum absolute atomic E-state index is 0.0656. The zero-order valence-electron chi connectivity index (χ0n) is 10.1. The third kappa shape index (κ3) is 1.99. The van der Waals surface area contributed by atoms with Gasteiger partial charge in [-0.3, -0.25) is 4.40 Å². The van der Waals surface area contributed by atoms with Crippen LogP contribution < -0.4 is 0 Å². The second-order valence-electron chi connectivity index (χ2n) is 4.17. The van der Waals surface area contributed by atoms with Gasteiger partial charge in [-0.05, 0) is 11.6 Å². The summed E-state index contributed by atoms with van der Waals surface area (Å²) in [5.74, 6) is -0.884. The smallest absolute Gasteiger partial charge is 0.354 e. The summed E-state index contributed by atoms with van der Waals surface area (Å²) in [6.45, 7) is 0. The highest BCUT2D eigenvalue weighted by molar-refractivity contribution is 5.86. The van der Waals surface area contributed by atoms with Gasteiger partial charge in [0.15, 0.2) is 5.69 Å². The zero-order valence-corrected chi connectivity index (χ0v) is 10.1. The number of nitrogens with zero attached hydrogens (tertiary/aromatic N) is 5. The van der Waals surface area contributed by atoms with E-state index in [-0.39, 0.29) is 17.9 Å². The summed E-state index contributed by atoms with van der Waals surface area (Å²) in [5.41, 5.74) is 1.24. The normalized spacial score (nSPS) is 12.7. The molecule has 9 nitrogen and oxygen atoms in total. The number of rotatable bonds is 4. The molecule has 3 aromatic rings. The number of aromatic nitrogens is 6. The first kappa shape index (κ1) is 12.2. The summed E-state index contributed by atoms with van der Waals surface area (Å²) in [7, 11) is 0. The van der Waals surface area contributed by atoms with Gasteiger partial charge in [0.05, 0.1) is 6.20 Å². The maximum absolute atomic E-state index is 11.1. The number of carbonyl (C=O) groups is 1. The molecule has 1 atom stereocenters. The van der Waals surface area contributed by atoms with Gasteiger partial charge < -0.3 is 10.2 Å². The van der Waals surface area contributed by atoms with Gasteiger partial charge in [0.1, 0.15) is 11.8 Å². The Bertz CT molecular complexity index is 751. The number of pyridine rings is 1. The molecule has 0 aromatic carbocycles. The van der Waals surface area contributed by atoms with Crippen molar-refractivity contribution in [3.05, 3.63) is 41.6 Å². The van der Waals surface area contributed by atoms with Crippen LogP contribution in [0.3, 0.4) is 0 Å². The van der Waals surface area contributed by atoms with Crippen molar-refractivity contribution in [1.29, 1.82) is 0 Å². The van der Waals surface area contributed by atoms with E-state index in [0.29, 0.717) is 11.2 Å². The summed E-state index contributed by atoms with van der Waals surface area (Å²) >= 11 is 0. The summed E-state index contributed by atoms with van der Waals surface area (Å²) in [6.07, 6.45) is 2.16. The molecule has 102 valence electrons. The van der Waals surface area contributed by atoms with Gasteiger partial charge in [0.25, 0.3) is 0 Å². The van der Waals surface area contributed by atoms with Crippen LogP contribution in [-0.4, -0.2) is 46.2 Å². The Morgan fingerprint density at radius 3 is 3.05 bits per heavy atom. The lowest BCUT2D eigenvalue weighted by Crippen LogP contribution is -2.07. The minimum atomic E-state index is -1.06. The SMILES string of the molecule is O=C(O)c1cnc2c(CC(O)c3nn[nH]n3)cccn12. The van der Waals surface area contributed by atoms with E-state index in [9.17, 15) is 9.90 Å². The molecule has 3 N–H and O–H groups in total. The van der Waals surface area contributed by atoms with Crippen LogP contribution in [0.25, 0.3) is 5.65 Å². The lowest BCUT2D eigenvalue weighted by molar-refractivity contribution is 0.0689. The van der Waals surface area contributed by atoms with Crippen LogP contribution >= 0.6 is 0 Å². The summed E-state index contributed by atoms with van der Waals surface area (Å²) in [4.78, 5) is 15.1. The highest BCUT2D eigenvalue weighted by atomic mass is 16.4. The molecule has 20 heavy (non-hydrogen) atoms. The molecule has 0 aliphatic heterocycles. The summed E-state index contributed by atoms with van der Waals surface area (Å²) in [5, 5.41) is 32.1. The van der Waals surface area contributed by atoms with Gasteiger partial charge in [0.2, 0.25) is 5.82 Å². The molecule has 3 rings (SSSR count). The second kappa shape index (κ2) is 4.70. The van der Waals surface area contributed by atoms with Crippen LogP contribution in [0.5, 0.6) is 0 Å². The summed E-state index contributed by atoms with van der Waals surface area (Å²) in [6, 6.07) is 3.46. The van der Waals surface area contributed by atoms with Crippen molar-refractivity contribution < 1.29 is 15.0 Å². The van der Waals surface area contributed by atoms with Crippen LogP contribution in [0, 0.1) is 0 Å². The number of tetrazole rings is 1. The molecule has 0 spiro atoms. The van der Waals surface area contributed by atoms with Gasteiger partial charge >= 0.3 is 5.97 Å². The Morgan fingerprint density at radius 2 is 2.35 bits per heavy atom. The summed E-state index contributed by atoms with van der Waals surface area (Å²) < 4.78 is 1.46. The highest BCUT2D eigenvalue weighted by Crippen LogP contribution is 2.18. The van der Waals surface area contributed by atoms with Crippen molar-refractivity contribution in [1.82, 2.24) is 30.0 Å². The fourth-order valence-corrected chi connectivity index (χ4v) is 2.00. The van der Waals surface area contributed by atoms with Crippen molar-refractivity contribution in [3.63, 3.8) is 0 Å². The van der Waals surface area contributed by atoms with Gasteiger partial charge in [0, 0.05) is 12.6 Å². The van der Waals surface area contributed by atoms with E-state index in [1.165, 1.54) is 10.6 Å². The number of aromatic amines is 1. The molecule has 0 saturated heterocycles. The van der Waals surface area contributed by atoms with Crippen LogP contribution in [0.2, 0.25) is 0 Å². The molecule has 9 heteroatoms. The monoisotopic (exact) mass is 274 g/mol. The lowest BCUT2D eigenvalue weighted by atomic mass is 10.1. The van der Waals surface area contributed by atoms with E-state index in [4.69, 9.17) is 5.11 Å². The molecule has 0 radical (unpaired) electrons. The predicted molar refractivity (Wildman–Crippen MR) is 65.0 cm³/mol. The third-order valence-corrected chi connectivity index (χ3v) is 2.91. The second-order valence-corrected chi connectivity index (χ2v) is 4.17. The standard InChI is InChI=1S/C11H10N6O3/c18-8(9-13-15-16-14-9)4-6-2-1-3-17-7(11(19)20)5-12-10(6)17/h1-3,5,8,18H,4H2,(H,19,20)(H,13,14,15,16).